The number of anilines is 2. The highest BCUT2D eigenvalue weighted by Crippen LogP contribution is 2.32. The van der Waals surface area contributed by atoms with Gasteiger partial charge in [-0.15, -0.1) is 0 Å². The number of aliphatic hydroxyl groups is 1. The van der Waals surface area contributed by atoms with E-state index in [1.54, 1.807) is 13.8 Å². The third kappa shape index (κ3) is 2.47. The van der Waals surface area contributed by atoms with Crippen molar-refractivity contribution in [1.29, 1.82) is 0 Å². The first-order valence-electron chi connectivity index (χ1n) is 5.92. The molecular weight excluding hydrogens is 230 g/mol. The number of nitrogens with two attached hydrogens (primary N) is 1. The highest BCUT2D eigenvalue weighted by Gasteiger charge is 2.27. The zero-order valence-electron chi connectivity index (χ0n) is 10.9. The summed E-state index contributed by atoms with van der Waals surface area (Å²) in [7, 11) is 1.90. The fourth-order valence-electron chi connectivity index (χ4n) is 2.18. The van der Waals surface area contributed by atoms with E-state index in [1.165, 1.54) is 0 Å². The third-order valence-electron chi connectivity index (χ3n) is 2.98. The average Bonchev–Trinajstić information content (AvgIpc) is 2.52. The van der Waals surface area contributed by atoms with Crippen LogP contribution in [0.3, 0.4) is 0 Å². The molecule has 0 radical (unpaired) electrons. The second-order valence-corrected chi connectivity index (χ2v) is 5.41. The predicted molar refractivity (Wildman–Crippen MR) is 71.6 cm³/mol. The van der Waals surface area contributed by atoms with Gasteiger partial charge in [0.25, 0.3) is 0 Å². The number of hydrogen-bond donors (Lipinski definition) is 3. The molecule has 1 aliphatic heterocycles. The SMILES string of the molecule is CN(CC(C)(C)O)c1ccc2c(c1)NC(=O)C2N. The van der Waals surface area contributed by atoms with Crippen LogP contribution in [0.1, 0.15) is 25.5 Å². The van der Waals surface area contributed by atoms with Crippen molar-refractivity contribution >= 4 is 17.3 Å². The number of nitrogens with zero attached hydrogens (tertiary/aromatic N) is 1. The van der Waals surface area contributed by atoms with Gasteiger partial charge in [-0.1, -0.05) is 6.07 Å². The van der Waals surface area contributed by atoms with E-state index in [9.17, 15) is 9.90 Å². The molecule has 5 nitrogen and oxygen atoms in total. The number of benzene rings is 1. The van der Waals surface area contributed by atoms with Gasteiger partial charge in [-0.25, -0.2) is 0 Å². The fourth-order valence-corrected chi connectivity index (χ4v) is 2.18. The van der Waals surface area contributed by atoms with Crippen LogP contribution in [-0.4, -0.2) is 30.2 Å². The number of nitrogens with one attached hydrogen (secondary N) is 1. The summed E-state index contributed by atoms with van der Waals surface area (Å²) in [6.45, 7) is 4.02. The Hall–Kier alpha value is -1.59. The number of fused-ring (bicyclic) bond motifs is 1. The highest BCUT2D eigenvalue weighted by molar-refractivity contribution is 6.02. The maximum absolute atomic E-state index is 11.5. The van der Waals surface area contributed by atoms with Crippen molar-refractivity contribution in [1.82, 2.24) is 0 Å². The fraction of sp³-hybridized carbons (Fsp3) is 0.462. The Labute approximate surface area is 107 Å². The van der Waals surface area contributed by atoms with Crippen LogP contribution in [0, 0.1) is 0 Å². The largest absolute Gasteiger partial charge is 0.389 e. The number of likely N-dealkylation sites (N-methyl/N-ethyl adjacent to an activating group) is 1. The molecule has 98 valence electrons. The summed E-state index contributed by atoms with van der Waals surface area (Å²) in [5.74, 6) is -0.174. The van der Waals surface area contributed by atoms with E-state index in [-0.39, 0.29) is 5.91 Å². The molecule has 1 heterocycles. The summed E-state index contributed by atoms with van der Waals surface area (Å²) in [5.41, 5.74) is 7.49. The number of carbonyl (C=O) groups excluding carboxylic acids is 1. The lowest BCUT2D eigenvalue weighted by atomic mass is 10.1. The number of amides is 1. The van der Waals surface area contributed by atoms with E-state index in [4.69, 9.17) is 5.73 Å². The van der Waals surface area contributed by atoms with Gasteiger partial charge in [-0.3, -0.25) is 4.79 Å². The molecule has 0 fully saturated rings. The molecule has 0 bridgehead atoms. The van der Waals surface area contributed by atoms with Gasteiger partial charge in [0.2, 0.25) is 5.91 Å². The van der Waals surface area contributed by atoms with Gasteiger partial charge in [0.15, 0.2) is 0 Å². The minimum Gasteiger partial charge on any atom is -0.389 e. The molecule has 0 saturated carbocycles. The monoisotopic (exact) mass is 249 g/mol. The quantitative estimate of drug-likeness (QED) is 0.742. The minimum atomic E-state index is -0.770. The molecule has 1 aliphatic rings. The van der Waals surface area contributed by atoms with Crippen LogP contribution in [-0.2, 0) is 4.79 Å². The number of carbonyl (C=O) groups is 1. The van der Waals surface area contributed by atoms with E-state index in [0.717, 1.165) is 16.9 Å². The Bertz CT molecular complexity index is 480. The Balaban J connectivity index is 2.23. The van der Waals surface area contributed by atoms with Crippen LogP contribution in [0.15, 0.2) is 18.2 Å². The highest BCUT2D eigenvalue weighted by atomic mass is 16.3. The van der Waals surface area contributed by atoms with Gasteiger partial charge < -0.3 is 21.1 Å². The number of hydrogen-bond acceptors (Lipinski definition) is 4. The van der Waals surface area contributed by atoms with Crippen LogP contribution in [0.25, 0.3) is 0 Å². The molecule has 1 unspecified atom stereocenters. The normalized spacial score (nSPS) is 18.5. The van der Waals surface area contributed by atoms with Crippen molar-refractivity contribution in [2.45, 2.75) is 25.5 Å². The molecular formula is C13H19N3O2. The maximum Gasteiger partial charge on any atom is 0.245 e. The maximum atomic E-state index is 11.5. The second kappa shape index (κ2) is 4.26. The standard InChI is InChI=1S/C13H19N3O2/c1-13(2,18)7-16(3)8-4-5-9-10(6-8)15-12(17)11(9)14/h4-6,11,18H,7,14H2,1-3H3,(H,15,17). The lowest BCUT2D eigenvalue weighted by Gasteiger charge is -2.27. The van der Waals surface area contributed by atoms with Crippen LogP contribution >= 0.6 is 0 Å². The molecule has 5 heteroatoms. The van der Waals surface area contributed by atoms with Gasteiger partial charge in [0.05, 0.1) is 5.60 Å². The average molecular weight is 249 g/mol. The smallest absolute Gasteiger partial charge is 0.245 e. The van der Waals surface area contributed by atoms with Gasteiger partial charge in [-0.05, 0) is 26.0 Å². The third-order valence-corrected chi connectivity index (χ3v) is 2.98. The van der Waals surface area contributed by atoms with Gasteiger partial charge in [-0.2, -0.15) is 0 Å². The van der Waals surface area contributed by atoms with Gasteiger partial charge >= 0.3 is 0 Å². The summed E-state index contributed by atoms with van der Waals surface area (Å²) < 4.78 is 0. The first-order valence-corrected chi connectivity index (χ1v) is 5.92. The summed E-state index contributed by atoms with van der Waals surface area (Å²) in [4.78, 5) is 13.4. The van der Waals surface area contributed by atoms with Gasteiger partial charge in [0, 0.05) is 30.5 Å². The van der Waals surface area contributed by atoms with Crippen LogP contribution < -0.4 is 16.0 Å². The summed E-state index contributed by atoms with van der Waals surface area (Å²) in [6.07, 6.45) is 0. The molecule has 2 rings (SSSR count). The molecule has 18 heavy (non-hydrogen) atoms. The Kier molecular flexibility index (Phi) is 3.04. The summed E-state index contributed by atoms with van der Waals surface area (Å²) in [6, 6.07) is 5.07. The first kappa shape index (κ1) is 12.9. The predicted octanol–water partition coefficient (Wildman–Crippen LogP) is 0.846. The van der Waals surface area contributed by atoms with Crippen LogP contribution in [0.4, 0.5) is 11.4 Å². The Morgan fingerprint density at radius 2 is 2.17 bits per heavy atom. The van der Waals surface area contributed by atoms with Crippen molar-refractivity contribution in [3.8, 4) is 0 Å². The molecule has 0 spiro atoms. The Morgan fingerprint density at radius 1 is 1.50 bits per heavy atom. The molecule has 0 aromatic heterocycles. The zero-order valence-corrected chi connectivity index (χ0v) is 10.9. The van der Waals surface area contributed by atoms with Crippen molar-refractivity contribution < 1.29 is 9.90 Å². The summed E-state index contributed by atoms with van der Waals surface area (Å²) >= 11 is 0. The van der Waals surface area contributed by atoms with E-state index in [2.05, 4.69) is 5.32 Å². The van der Waals surface area contributed by atoms with E-state index < -0.39 is 11.6 Å². The lowest BCUT2D eigenvalue weighted by molar-refractivity contribution is -0.116. The van der Waals surface area contributed by atoms with Crippen molar-refractivity contribution in [3.05, 3.63) is 23.8 Å². The first-order chi connectivity index (χ1) is 8.28. The molecule has 1 atom stereocenters. The summed E-state index contributed by atoms with van der Waals surface area (Å²) in [5, 5.41) is 12.5. The zero-order chi connectivity index (χ0) is 13.5. The molecule has 0 aliphatic carbocycles. The van der Waals surface area contributed by atoms with E-state index >= 15 is 0 Å². The molecule has 1 amide bonds. The Morgan fingerprint density at radius 3 is 2.78 bits per heavy atom. The lowest BCUT2D eigenvalue weighted by Crippen LogP contribution is -2.36. The molecule has 1 aromatic carbocycles. The van der Waals surface area contributed by atoms with Crippen LogP contribution in [0.2, 0.25) is 0 Å². The minimum absolute atomic E-state index is 0.174. The van der Waals surface area contributed by atoms with Gasteiger partial charge in [0.1, 0.15) is 6.04 Å². The molecule has 1 aromatic rings. The van der Waals surface area contributed by atoms with Crippen molar-refractivity contribution in [3.63, 3.8) is 0 Å². The van der Waals surface area contributed by atoms with E-state index in [0.29, 0.717) is 6.54 Å². The van der Waals surface area contributed by atoms with Crippen LogP contribution in [0.5, 0.6) is 0 Å². The molecule has 4 N–H and O–H groups in total. The van der Waals surface area contributed by atoms with Crippen molar-refractivity contribution in [2.24, 2.45) is 5.73 Å². The number of rotatable bonds is 3. The second-order valence-electron chi connectivity index (χ2n) is 5.41. The topological polar surface area (TPSA) is 78.6 Å². The molecule has 0 saturated heterocycles. The van der Waals surface area contributed by atoms with Crippen molar-refractivity contribution in [2.75, 3.05) is 23.8 Å². The van der Waals surface area contributed by atoms with E-state index in [1.807, 2.05) is 30.1 Å².